The van der Waals surface area contributed by atoms with Crippen LogP contribution in [0.2, 0.25) is 0 Å². The maximum absolute atomic E-state index is 12.0. The Balaban J connectivity index is 2.93. The quantitative estimate of drug-likeness (QED) is 0.669. The van der Waals surface area contributed by atoms with Crippen molar-refractivity contribution in [2.45, 2.75) is 26.3 Å². The van der Waals surface area contributed by atoms with Crippen molar-refractivity contribution in [3.05, 3.63) is 35.9 Å². The van der Waals surface area contributed by atoms with E-state index < -0.39 is 0 Å². The molecule has 1 rings (SSSR count). The summed E-state index contributed by atoms with van der Waals surface area (Å²) in [6.45, 7) is 5.80. The molecule has 0 spiro atoms. The summed E-state index contributed by atoms with van der Waals surface area (Å²) in [4.78, 5) is 13.6. The number of benzene rings is 1. The van der Waals surface area contributed by atoms with Gasteiger partial charge in [-0.05, 0) is 32.9 Å². The minimum Gasteiger partial charge on any atom is -0.337 e. The van der Waals surface area contributed by atoms with Crippen molar-refractivity contribution in [2.75, 3.05) is 7.02 Å². The van der Waals surface area contributed by atoms with Gasteiger partial charge in [0, 0.05) is 19.5 Å². The van der Waals surface area contributed by atoms with E-state index in [1.54, 1.807) is 17.0 Å². The highest BCUT2D eigenvalue weighted by Crippen LogP contribution is 2.14. The van der Waals surface area contributed by atoms with Gasteiger partial charge in [-0.2, -0.15) is 0 Å². The predicted molar refractivity (Wildman–Crippen MR) is 58.3 cm³/mol. The van der Waals surface area contributed by atoms with Crippen LogP contribution in [-0.2, 0) is 0 Å². The van der Waals surface area contributed by atoms with Crippen molar-refractivity contribution >= 4 is 5.91 Å². The Hall–Kier alpha value is -1.31. The molecule has 0 bridgehead atoms. The molecule has 0 saturated carbocycles. The molecule has 0 aliphatic carbocycles. The molecule has 2 nitrogen and oxygen atoms in total. The Kier molecular flexibility index (Phi) is 2.53. The van der Waals surface area contributed by atoms with Gasteiger partial charge in [0.05, 0.1) is 0 Å². The van der Waals surface area contributed by atoms with Gasteiger partial charge in [0.2, 0.25) is 0 Å². The average Bonchev–Trinajstić information content (AvgIpc) is 2.18. The second-order valence-corrected chi connectivity index (χ2v) is 4.27. The second-order valence-electron chi connectivity index (χ2n) is 4.27. The first-order valence-electron chi connectivity index (χ1n) is 5.34. The van der Waals surface area contributed by atoms with Gasteiger partial charge in [-0.15, -0.1) is 0 Å². The highest BCUT2D eigenvalue weighted by atomic mass is 16.2. The maximum Gasteiger partial charge on any atom is 0.254 e. The number of hydrogen-bond donors (Lipinski definition) is 0. The standard InChI is InChI=1S/C12H17NO/c1-12(2,3)13(4)11(14)10-8-6-5-7-9-10/h5-9H,1-4H3/i4D. The molecule has 0 aliphatic heterocycles. The predicted octanol–water partition coefficient (Wildman–Crippen LogP) is 2.56. The van der Waals surface area contributed by atoms with E-state index in [2.05, 4.69) is 0 Å². The molecule has 76 valence electrons. The van der Waals surface area contributed by atoms with E-state index in [1.807, 2.05) is 39.0 Å². The molecule has 0 saturated heterocycles. The van der Waals surface area contributed by atoms with E-state index in [4.69, 9.17) is 1.37 Å². The molecule has 0 aromatic heterocycles. The summed E-state index contributed by atoms with van der Waals surface area (Å²) in [6.07, 6.45) is 0. The number of hydrogen-bond acceptors (Lipinski definition) is 1. The topological polar surface area (TPSA) is 20.3 Å². The minimum absolute atomic E-state index is 0.0166. The fraction of sp³-hybridized carbons (Fsp3) is 0.417. The normalized spacial score (nSPS) is 12.1. The van der Waals surface area contributed by atoms with Gasteiger partial charge in [-0.3, -0.25) is 4.79 Å². The van der Waals surface area contributed by atoms with Crippen LogP contribution >= 0.6 is 0 Å². The molecule has 0 aliphatic rings. The van der Waals surface area contributed by atoms with E-state index in [9.17, 15) is 4.79 Å². The molecule has 2 heteroatoms. The van der Waals surface area contributed by atoms with E-state index in [-0.39, 0.29) is 18.5 Å². The van der Waals surface area contributed by atoms with Crippen molar-refractivity contribution in [3.63, 3.8) is 0 Å². The van der Waals surface area contributed by atoms with E-state index >= 15 is 0 Å². The molecule has 0 radical (unpaired) electrons. The number of rotatable bonds is 1. The summed E-state index contributed by atoms with van der Waals surface area (Å²) in [6, 6.07) is 9.09. The highest BCUT2D eigenvalue weighted by molar-refractivity contribution is 5.94. The average molecular weight is 192 g/mol. The first-order valence-corrected chi connectivity index (χ1v) is 4.63. The van der Waals surface area contributed by atoms with Gasteiger partial charge < -0.3 is 4.90 Å². The molecule has 14 heavy (non-hydrogen) atoms. The highest BCUT2D eigenvalue weighted by Gasteiger charge is 2.22. The summed E-state index contributed by atoms with van der Waals surface area (Å²) in [7, 11) is -0.0166. The SMILES string of the molecule is [2H]CN(C(=O)c1ccccc1)C(C)(C)C. The van der Waals surface area contributed by atoms with Crippen LogP contribution in [0.25, 0.3) is 0 Å². The first kappa shape index (κ1) is 9.25. The number of carbonyl (C=O) groups is 1. The number of carbonyl (C=O) groups excluding carboxylic acids is 1. The largest absolute Gasteiger partial charge is 0.337 e. The molecule has 1 aromatic rings. The molecule has 0 unspecified atom stereocenters. The summed E-state index contributed by atoms with van der Waals surface area (Å²) in [5, 5.41) is 0. The van der Waals surface area contributed by atoms with Crippen LogP contribution in [0.15, 0.2) is 30.3 Å². The van der Waals surface area contributed by atoms with Gasteiger partial charge in [0.25, 0.3) is 5.91 Å². The Labute approximate surface area is 86.9 Å². The molecular weight excluding hydrogens is 174 g/mol. The number of amides is 1. The van der Waals surface area contributed by atoms with Crippen molar-refractivity contribution in [2.24, 2.45) is 0 Å². The van der Waals surface area contributed by atoms with Gasteiger partial charge in [0.1, 0.15) is 0 Å². The summed E-state index contributed by atoms with van der Waals surface area (Å²) < 4.78 is 7.40. The summed E-state index contributed by atoms with van der Waals surface area (Å²) in [5.41, 5.74) is 0.328. The van der Waals surface area contributed by atoms with Crippen LogP contribution in [-0.4, -0.2) is 23.4 Å². The van der Waals surface area contributed by atoms with Gasteiger partial charge >= 0.3 is 0 Å². The zero-order valence-corrected chi connectivity index (χ0v) is 8.95. The lowest BCUT2D eigenvalue weighted by Crippen LogP contribution is -2.42. The van der Waals surface area contributed by atoms with E-state index in [0.29, 0.717) is 5.56 Å². The fourth-order valence-corrected chi connectivity index (χ4v) is 1.04. The molecule has 0 atom stereocenters. The lowest BCUT2D eigenvalue weighted by atomic mass is 10.1. The van der Waals surface area contributed by atoms with Crippen molar-refractivity contribution in [1.82, 2.24) is 4.90 Å². The number of nitrogens with zero attached hydrogens (tertiary/aromatic N) is 1. The van der Waals surface area contributed by atoms with Gasteiger partial charge in [0.15, 0.2) is 0 Å². The molecule has 0 N–H and O–H groups in total. The third-order valence-electron chi connectivity index (χ3n) is 2.08. The Morgan fingerprint density at radius 2 is 1.86 bits per heavy atom. The molecule has 0 fully saturated rings. The zero-order valence-electron chi connectivity index (χ0n) is 9.95. The Morgan fingerprint density at radius 1 is 1.29 bits per heavy atom. The van der Waals surface area contributed by atoms with Crippen molar-refractivity contribution in [1.29, 1.82) is 0 Å². The third kappa shape index (κ3) is 2.34. The third-order valence-corrected chi connectivity index (χ3v) is 2.08. The summed E-state index contributed by atoms with van der Waals surface area (Å²) in [5.74, 6) is -0.0851. The fourth-order valence-electron chi connectivity index (χ4n) is 1.04. The lowest BCUT2D eigenvalue weighted by molar-refractivity contribution is 0.0656. The van der Waals surface area contributed by atoms with Crippen LogP contribution in [0.4, 0.5) is 0 Å². The van der Waals surface area contributed by atoms with E-state index in [0.717, 1.165) is 0 Å². The smallest absolute Gasteiger partial charge is 0.254 e. The van der Waals surface area contributed by atoms with Crippen LogP contribution < -0.4 is 0 Å². The van der Waals surface area contributed by atoms with Gasteiger partial charge in [-0.25, -0.2) is 0 Å². The van der Waals surface area contributed by atoms with Crippen molar-refractivity contribution < 1.29 is 6.17 Å². The van der Waals surface area contributed by atoms with Crippen LogP contribution in [0.3, 0.4) is 0 Å². The van der Waals surface area contributed by atoms with Crippen LogP contribution in [0, 0.1) is 0 Å². The summed E-state index contributed by atoms with van der Waals surface area (Å²) >= 11 is 0. The van der Waals surface area contributed by atoms with E-state index in [1.165, 1.54) is 0 Å². The van der Waals surface area contributed by atoms with Crippen molar-refractivity contribution in [3.8, 4) is 0 Å². The Bertz CT molecular complexity index is 329. The molecule has 1 aromatic carbocycles. The molecule has 0 heterocycles. The molecular formula is C12H17NO. The first-order chi connectivity index (χ1) is 6.96. The monoisotopic (exact) mass is 192 g/mol. The van der Waals surface area contributed by atoms with Crippen LogP contribution in [0.1, 0.15) is 32.5 Å². The van der Waals surface area contributed by atoms with Crippen LogP contribution in [0.5, 0.6) is 0 Å². The lowest BCUT2D eigenvalue weighted by Gasteiger charge is -2.32. The second kappa shape index (κ2) is 3.82. The zero-order chi connectivity index (χ0) is 11.5. The molecule has 1 amide bonds. The maximum atomic E-state index is 12.0. The Morgan fingerprint density at radius 3 is 2.29 bits per heavy atom. The minimum atomic E-state index is -0.311. The van der Waals surface area contributed by atoms with Gasteiger partial charge in [-0.1, -0.05) is 18.2 Å².